The Morgan fingerprint density at radius 2 is 2.56 bits per heavy atom. The first-order valence-electron chi connectivity index (χ1n) is 2.80. The van der Waals surface area contributed by atoms with E-state index in [1.165, 1.54) is 6.26 Å². The summed E-state index contributed by atoms with van der Waals surface area (Å²) in [6, 6.07) is 0. The third-order valence-corrected chi connectivity index (χ3v) is 3.32. The second-order valence-electron chi connectivity index (χ2n) is 2.42. The molecule has 9 heavy (non-hydrogen) atoms. The zero-order valence-electron chi connectivity index (χ0n) is 5.42. The highest BCUT2D eigenvalue weighted by Crippen LogP contribution is 2.31. The van der Waals surface area contributed by atoms with Crippen LogP contribution in [0.15, 0.2) is 12.8 Å². The first-order chi connectivity index (χ1) is 4.19. The van der Waals surface area contributed by atoms with Gasteiger partial charge in [0.2, 0.25) is 0 Å². The molecule has 2 unspecified atom stereocenters. The van der Waals surface area contributed by atoms with E-state index in [-0.39, 0.29) is 4.75 Å². The van der Waals surface area contributed by atoms with Crippen LogP contribution < -0.4 is 0 Å². The monoisotopic (exact) mass is 146 g/mol. The zero-order valence-corrected chi connectivity index (χ0v) is 6.24. The predicted molar refractivity (Wildman–Crippen MR) is 37.6 cm³/mol. The SMILES string of the molecule is C=COCC1(C)CS1=O. The molecule has 0 spiro atoms. The van der Waals surface area contributed by atoms with Crippen LogP contribution in [0.2, 0.25) is 0 Å². The maximum Gasteiger partial charge on any atom is 0.105 e. The van der Waals surface area contributed by atoms with Crippen molar-refractivity contribution in [2.24, 2.45) is 0 Å². The molecule has 0 aliphatic carbocycles. The summed E-state index contributed by atoms with van der Waals surface area (Å²) in [6.07, 6.45) is 1.39. The first kappa shape index (κ1) is 6.81. The quantitative estimate of drug-likeness (QED) is 0.432. The molecular formula is C6H10O2S. The Hall–Kier alpha value is -0.310. The van der Waals surface area contributed by atoms with Crippen LogP contribution in [0.25, 0.3) is 0 Å². The molecule has 1 aliphatic heterocycles. The number of hydrogen-bond donors (Lipinski definition) is 0. The number of rotatable bonds is 3. The zero-order chi connectivity index (χ0) is 6.91. The summed E-state index contributed by atoms with van der Waals surface area (Å²) in [5, 5.41) is 0. The second kappa shape index (κ2) is 2.14. The molecule has 2 nitrogen and oxygen atoms in total. The van der Waals surface area contributed by atoms with Crippen LogP contribution in [0.5, 0.6) is 0 Å². The lowest BCUT2D eigenvalue weighted by Crippen LogP contribution is -2.12. The molecule has 52 valence electrons. The van der Waals surface area contributed by atoms with Crippen LogP contribution in [0.3, 0.4) is 0 Å². The van der Waals surface area contributed by atoms with Crippen LogP contribution in [-0.2, 0) is 15.5 Å². The molecule has 0 amide bonds. The smallest absolute Gasteiger partial charge is 0.105 e. The highest BCUT2D eigenvalue weighted by atomic mass is 32.2. The van der Waals surface area contributed by atoms with E-state index in [0.29, 0.717) is 6.61 Å². The molecule has 1 fully saturated rings. The minimum Gasteiger partial charge on any atom is -0.500 e. The van der Waals surface area contributed by atoms with E-state index < -0.39 is 10.8 Å². The van der Waals surface area contributed by atoms with Crippen molar-refractivity contribution in [1.29, 1.82) is 0 Å². The third-order valence-electron chi connectivity index (χ3n) is 1.40. The molecule has 1 heterocycles. The van der Waals surface area contributed by atoms with Crippen LogP contribution in [0.1, 0.15) is 6.92 Å². The van der Waals surface area contributed by atoms with Gasteiger partial charge in [-0.2, -0.15) is 0 Å². The molecule has 0 aromatic heterocycles. The van der Waals surface area contributed by atoms with Gasteiger partial charge in [-0.3, -0.25) is 4.21 Å². The first-order valence-corrected chi connectivity index (χ1v) is 4.12. The van der Waals surface area contributed by atoms with E-state index in [2.05, 4.69) is 6.58 Å². The van der Waals surface area contributed by atoms with E-state index in [4.69, 9.17) is 4.74 Å². The van der Waals surface area contributed by atoms with Crippen molar-refractivity contribution in [2.75, 3.05) is 12.4 Å². The van der Waals surface area contributed by atoms with Gasteiger partial charge in [0.05, 0.1) is 11.0 Å². The van der Waals surface area contributed by atoms with Gasteiger partial charge in [0.15, 0.2) is 0 Å². The van der Waals surface area contributed by atoms with E-state index in [9.17, 15) is 4.21 Å². The Balaban J connectivity index is 2.28. The Morgan fingerprint density at radius 1 is 2.00 bits per heavy atom. The maximum atomic E-state index is 10.7. The van der Waals surface area contributed by atoms with E-state index in [1.807, 2.05) is 6.92 Å². The lowest BCUT2D eigenvalue weighted by atomic mass is 10.2. The summed E-state index contributed by atoms with van der Waals surface area (Å²) >= 11 is 0. The summed E-state index contributed by atoms with van der Waals surface area (Å²) in [7, 11) is -0.639. The van der Waals surface area contributed by atoms with Crippen molar-refractivity contribution in [2.45, 2.75) is 11.7 Å². The molecule has 1 saturated heterocycles. The predicted octanol–water partition coefficient (Wildman–Crippen LogP) is 0.667. The molecule has 2 atom stereocenters. The average molecular weight is 146 g/mol. The van der Waals surface area contributed by atoms with Gasteiger partial charge < -0.3 is 4.74 Å². The van der Waals surface area contributed by atoms with Gasteiger partial charge >= 0.3 is 0 Å². The Kier molecular flexibility index (Phi) is 1.62. The van der Waals surface area contributed by atoms with E-state index in [0.717, 1.165) is 5.75 Å². The van der Waals surface area contributed by atoms with Crippen molar-refractivity contribution in [3.05, 3.63) is 12.8 Å². The van der Waals surface area contributed by atoms with Crippen LogP contribution in [0.4, 0.5) is 0 Å². The summed E-state index contributed by atoms with van der Waals surface area (Å²) in [5.74, 6) is 0.779. The Bertz CT molecular complexity index is 155. The van der Waals surface area contributed by atoms with Crippen molar-refractivity contribution in [3.8, 4) is 0 Å². The Labute approximate surface area is 57.4 Å². The van der Waals surface area contributed by atoms with Gasteiger partial charge in [0.25, 0.3) is 0 Å². The van der Waals surface area contributed by atoms with Gasteiger partial charge in [0, 0.05) is 16.6 Å². The van der Waals surface area contributed by atoms with Gasteiger partial charge in [-0.15, -0.1) is 0 Å². The molecule has 0 bridgehead atoms. The molecule has 0 radical (unpaired) electrons. The van der Waals surface area contributed by atoms with E-state index >= 15 is 0 Å². The third kappa shape index (κ3) is 1.33. The van der Waals surface area contributed by atoms with Crippen molar-refractivity contribution >= 4 is 10.8 Å². The van der Waals surface area contributed by atoms with Gasteiger partial charge in [-0.1, -0.05) is 6.58 Å². The molecule has 0 aromatic rings. The molecule has 1 aliphatic rings. The maximum absolute atomic E-state index is 10.7. The summed E-state index contributed by atoms with van der Waals surface area (Å²) in [4.78, 5) is 0. The molecule has 0 saturated carbocycles. The normalized spacial score (nSPS) is 39.9. The lowest BCUT2D eigenvalue weighted by Gasteiger charge is -2.02. The minimum absolute atomic E-state index is 0.0613. The molecular weight excluding hydrogens is 136 g/mol. The highest BCUT2D eigenvalue weighted by molar-refractivity contribution is 7.94. The lowest BCUT2D eigenvalue weighted by molar-refractivity contribution is 0.236. The fourth-order valence-electron chi connectivity index (χ4n) is 0.590. The van der Waals surface area contributed by atoms with Crippen LogP contribution >= 0.6 is 0 Å². The van der Waals surface area contributed by atoms with Gasteiger partial charge in [0.1, 0.15) is 6.61 Å². The fraction of sp³-hybridized carbons (Fsp3) is 0.667. The highest BCUT2D eigenvalue weighted by Gasteiger charge is 2.48. The number of ether oxygens (including phenoxy) is 1. The molecule has 1 rings (SSSR count). The van der Waals surface area contributed by atoms with Gasteiger partial charge in [-0.05, 0) is 6.92 Å². The van der Waals surface area contributed by atoms with Crippen molar-refractivity contribution < 1.29 is 8.95 Å². The van der Waals surface area contributed by atoms with Crippen LogP contribution in [-0.4, -0.2) is 21.3 Å². The fourth-order valence-corrected chi connectivity index (χ4v) is 1.51. The summed E-state index contributed by atoms with van der Waals surface area (Å²) < 4.78 is 15.6. The molecule has 0 aromatic carbocycles. The topological polar surface area (TPSA) is 26.3 Å². The standard InChI is InChI=1S/C6H10O2S/c1-3-8-4-6(2)5-9(6)7/h3H,1,4-5H2,2H3. The summed E-state index contributed by atoms with van der Waals surface area (Å²) in [5.41, 5.74) is 0. The van der Waals surface area contributed by atoms with Crippen molar-refractivity contribution in [1.82, 2.24) is 0 Å². The Morgan fingerprint density at radius 3 is 2.89 bits per heavy atom. The largest absolute Gasteiger partial charge is 0.500 e. The van der Waals surface area contributed by atoms with Crippen LogP contribution in [0, 0.1) is 0 Å². The minimum atomic E-state index is -0.639. The van der Waals surface area contributed by atoms with E-state index in [1.54, 1.807) is 0 Å². The van der Waals surface area contributed by atoms with Crippen molar-refractivity contribution in [3.63, 3.8) is 0 Å². The molecule has 0 N–H and O–H groups in total. The van der Waals surface area contributed by atoms with Gasteiger partial charge in [-0.25, -0.2) is 0 Å². The number of hydrogen-bond acceptors (Lipinski definition) is 2. The average Bonchev–Trinajstić information content (AvgIpc) is 2.38. The summed E-state index contributed by atoms with van der Waals surface area (Å²) in [6.45, 7) is 5.89. The molecule has 3 heteroatoms. The second-order valence-corrected chi connectivity index (χ2v) is 4.38.